The van der Waals surface area contributed by atoms with Gasteiger partial charge in [0.1, 0.15) is 0 Å². The van der Waals surface area contributed by atoms with E-state index in [1.54, 1.807) is 6.08 Å². The molecule has 0 unspecified atom stereocenters. The Balaban J connectivity index is 1.62. The largest absolute Gasteiger partial charge is 0.351 e. The van der Waals surface area contributed by atoms with Crippen LogP contribution in [0.3, 0.4) is 0 Å². The number of hydrogen-bond donors (Lipinski definition) is 1. The maximum Gasteiger partial charge on any atom is 0.253 e. The third kappa shape index (κ3) is 4.78. The summed E-state index contributed by atoms with van der Waals surface area (Å²) in [6.45, 7) is 9.07. The second kappa shape index (κ2) is 9.18. The summed E-state index contributed by atoms with van der Waals surface area (Å²) >= 11 is 0. The molecule has 146 valence electrons. The molecular weight excluding hydrogens is 338 g/mol. The summed E-state index contributed by atoms with van der Waals surface area (Å²) < 4.78 is 0. The number of carbonyl (C=O) groups excluding carboxylic acids is 2. The van der Waals surface area contributed by atoms with E-state index in [1.807, 2.05) is 36.1 Å². The summed E-state index contributed by atoms with van der Waals surface area (Å²) in [6, 6.07) is 7.67. The number of amides is 2. The maximum absolute atomic E-state index is 12.8. The van der Waals surface area contributed by atoms with Gasteiger partial charge in [-0.3, -0.25) is 14.5 Å². The zero-order valence-corrected chi connectivity index (χ0v) is 16.3. The summed E-state index contributed by atoms with van der Waals surface area (Å²) in [5, 5.41) is 2.99. The molecule has 1 aromatic rings. The molecule has 1 aromatic carbocycles. The van der Waals surface area contributed by atoms with E-state index in [0.29, 0.717) is 25.6 Å². The van der Waals surface area contributed by atoms with Gasteiger partial charge >= 0.3 is 0 Å². The predicted octanol–water partition coefficient (Wildman–Crippen LogP) is 2.61. The Morgan fingerprint density at radius 3 is 2.37 bits per heavy atom. The lowest BCUT2D eigenvalue weighted by Gasteiger charge is -2.40. The van der Waals surface area contributed by atoms with E-state index in [2.05, 4.69) is 16.8 Å². The van der Waals surface area contributed by atoms with E-state index in [1.165, 1.54) is 12.8 Å². The van der Waals surface area contributed by atoms with Crippen molar-refractivity contribution >= 4 is 11.8 Å². The molecule has 0 radical (unpaired) electrons. The molecule has 2 aliphatic rings. The average Bonchev–Trinajstić information content (AvgIpc) is 3.21. The molecule has 1 aliphatic heterocycles. The van der Waals surface area contributed by atoms with E-state index >= 15 is 0 Å². The maximum atomic E-state index is 12.8. The lowest BCUT2D eigenvalue weighted by atomic mass is 9.95. The fraction of sp³-hybridized carbons (Fsp3) is 0.545. The van der Waals surface area contributed by atoms with Gasteiger partial charge in [0.05, 0.1) is 6.04 Å². The van der Waals surface area contributed by atoms with Crippen molar-refractivity contribution in [1.29, 1.82) is 0 Å². The van der Waals surface area contributed by atoms with Crippen molar-refractivity contribution in [3.63, 3.8) is 0 Å². The van der Waals surface area contributed by atoms with Crippen molar-refractivity contribution in [2.45, 2.75) is 38.6 Å². The Kier molecular flexibility index (Phi) is 6.67. The monoisotopic (exact) mass is 369 g/mol. The molecule has 1 N–H and O–H groups in total. The van der Waals surface area contributed by atoms with E-state index < -0.39 is 0 Å². The molecule has 5 heteroatoms. The van der Waals surface area contributed by atoms with Crippen molar-refractivity contribution in [1.82, 2.24) is 15.1 Å². The van der Waals surface area contributed by atoms with Crippen molar-refractivity contribution in [2.24, 2.45) is 5.92 Å². The topological polar surface area (TPSA) is 52.7 Å². The predicted molar refractivity (Wildman–Crippen MR) is 108 cm³/mol. The number of nitrogens with one attached hydrogen (secondary N) is 1. The van der Waals surface area contributed by atoms with Gasteiger partial charge in [0.25, 0.3) is 5.91 Å². The minimum Gasteiger partial charge on any atom is -0.351 e. The average molecular weight is 370 g/mol. The smallest absolute Gasteiger partial charge is 0.253 e. The van der Waals surface area contributed by atoms with Crippen molar-refractivity contribution < 1.29 is 9.59 Å². The van der Waals surface area contributed by atoms with Crippen molar-refractivity contribution in [3.05, 3.63) is 48.0 Å². The molecule has 1 aliphatic carbocycles. The lowest BCUT2D eigenvalue weighted by Crippen LogP contribution is -2.58. The van der Waals surface area contributed by atoms with Crippen molar-refractivity contribution in [3.8, 4) is 0 Å². The van der Waals surface area contributed by atoms with Crippen LogP contribution in [-0.4, -0.2) is 60.4 Å². The number of aryl methyl sites for hydroxylation is 1. The first-order valence-corrected chi connectivity index (χ1v) is 10.1. The van der Waals surface area contributed by atoms with Crippen LogP contribution in [0.4, 0.5) is 0 Å². The number of carbonyl (C=O) groups is 2. The van der Waals surface area contributed by atoms with Crippen LogP contribution in [0.5, 0.6) is 0 Å². The number of hydrogen-bond acceptors (Lipinski definition) is 3. The molecule has 3 rings (SSSR count). The third-order valence-corrected chi connectivity index (χ3v) is 5.83. The van der Waals surface area contributed by atoms with E-state index in [-0.39, 0.29) is 17.9 Å². The van der Waals surface area contributed by atoms with Gasteiger partial charge in [-0.15, -0.1) is 6.58 Å². The highest BCUT2D eigenvalue weighted by atomic mass is 16.2. The molecule has 1 saturated carbocycles. The van der Waals surface area contributed by atoms with Gasteiger partial charge in [0.2, 0.25) is 5.91 Å². The van der Waals surface area contributed by atoms with Crippen molar-refractivity contribution in [2.75, 3.05) is 32.7 Å². The standard InChI is InChI=1S/C22H31N3O2/c1-3-12-23-21(26)20(18-6-4-5-7-18)24-13-15-25(16-14-24)22(27)19-10-8-17(2)9-11-19/h3,8-11,18,20H,1,4-7,12-16H2,2H3,(H,23,26)/t20-/m0/s1. The number of nitrogens with zero attached hydrogens (tertiary/aromatic N) is 2. The second-order valence-electron chi connectivity index (χ2n) is 7.72. The first-order valence-electron chi connectivity index (χ1n) is 10.1. The van der Waals surface area contributed by atoms with Crippen LogP contribution >= 0.6 is 0 Å². The molecule has 1 heterocycles. The van der Waals surface area contributed by atoms with Crippen LogP contribution in [0.2, 0.25) is 0 Å². The first kappa shape index (κ1) is 19.6. The molecular formula is C22H31N3O2. The molecule has 2 amide bonds. The molecule has 2 fully saturated rings. The Bertz CT molecular complexity index is 657. The van der Waals surface area contributed by atoms with Gasteiger partial charge in [0, 0.05) is 38.3 Å². The Morgan fingerprint density at radius 1 is 1.15 bits per heavy atom. The van der Waals surface area contributed by atoms with Crippen LogP contribution in [0.1, 0.15) is 41.6 Å². The molecule has 0 bridgehead atoms. The van der Waals surface area contributed by atoms with Gasteiger partial charge < -0.3 is 10.2 Å². The molecule has 1 atom stereocenters. The van der Waals surface area contributed by atoms with Crippen LogP contribution in [0.15, 0.2) is 36.9 Å². The Morgan fingerprint density at radius 2 is 1.78 bits per heavy atom. The third-order valence-electron chi connectivity index (χ3n) is 5.83. The van der Waals surface area contributed by atoms with Crippen LogP contribution in [0.25, 0.3) is 0 Å². The SMILES string of the molecule is C=CCNC(=O)[C@H](C1CCCC1)N1CCN(C(=O)c2ccc(C)cc2)CC1. The Hall–Kier alpha value is -2.14. The minimum absolute atomic E-state index is 0.0796. The fourth-order valence-electron chi connectivity index (χ4n) is 4.31. The summed E-state index contributed by atoms with van der Waals surface area (Å²) in [7, 11) is 0. The van der Waals surface area contributed by atoms with E-state index in [0.717, 1.165) is 37.1 Å². The zero-order valence-electron chi connectivity index (χ0n) is 16.3. The molecule has 5 nitrogen and oxygen atoms in total. The highest BCUT2D eigenvalue weighted by Crippen LogP contribution is 2.31. The van der Waals surface area contributed by atoms with Gasteiger partial charge in [0.15, 0.2) is 0 Å². The lowest BCUT2D eigenvalue weighted by molar-refractivity contribution is -0.129. The minimum atomic E-state index is -0.0796. The zero-order chi connectivity index (χ0) is 19.2. The van der Waals surface area contributed by atoms with E-state index in [4.69, 9.17) is 0 Å². The molecule has 1 saturated heterocycles. The van der Waals surface area contributed by atoms with Crippen LogP contribution in [-0.2, 0) is 4.79 Å². The summed E-state index contributed by atoms with van der Waals surface area (Å²) in [4.78, 5) is 29.7. The van der Waals surface area contributed by atoms with Gasteiger partial charge in [-0.25, -0.2) is 0 Å². The summed E-state index contributed by atoms with van der Waals surface area (Å²) in [6.07, 6.45) is 6.38. The second-order valence-corrected chi connectivity index (χ2v) is 7.72. The molecule has 27 heavy (non-hydrogen) atoms. The normalized spacial score (nSPS) is 19.7. The highest BCUT2D eigenvalue weighted by molar-refractivity contribution is 5.94. The fourth-order valence-corrected chi connectivity index (χ4v) is 4.31. The highest BCUT2D eigenvalue weighted by Gasteiger charge is 2.37. The number of rotatable bonds is 6. The summed E-state index contributed by atoms with van der Waals surface area (Å²) in [5.74, 6) is 0.623. The number of benzene rings is 1. The van der Waals surface area contributed by atoms with Crippen LogP contribution in [0, 0.1) is 12.8 Å². The quantitative estimate of drug-likeness (QED) is 0.784. The van der Waals surface area contributed by atoms with Crippen LogP contribution < -0.4 is 5.32 Å². The van der Waals surface area contributed by atoms with Gasteiger partial charge in [-0.1, -0.05) is 36.6 Å². The number of piperazine rings is 1. The first-order chi connectivity index (χ1) is 13.1. The van der Waals surface area contributed by atoms with E-state index in [9.17, 15) is 9.59 Å². The molecule has 0 spiro atoms. The molecule has 0 aromatic heterocycles. The summed E-state index contributed by atoms with van der Waals surface area (Å²) in [5.41, 5.74) is 1.89. The van der Waals surface area contributed by atoms with Gasteiger partial charge in [-0.2, -0.15) is 0 Å². The Labute approximate surface area is 162 Å². The van der Waals surface area contributed by atoms with Gasteiger partial charge in [-0.05, 0) is 37.8 Å².